The zero-order chi connectivity index (χ0) is 13.7. The van der Waals surface area contributed by atoms with Gasteiger partial charge in [0.15, 0.2) is 6.04 Å². The second-order valence-corrected chi connectivity index (χ2v) is 3.76. The van der Waals surface area contributed by atoms with Crippen molar-refractivity contribution in [1.82, 2.24) is 25.5 Å². The van der Waals surface area contributed by atoms with Crippen molar-refractivity contribution in [3.05, 3.63) is 42.2 Å². The van der Waals surface area contributed by atoms with Crippen LogP contribution in [0.1, 0.15) is 11.6 Å². The molecule has 8 nitrogen and oxygen atoms in total. The highest BCUT2D eigenvalue weighted by Gasteiger charge is 2.21. The molecule has 0 aliphatic heterocycles. The number of benzene rings is 1. The van der Waals surface area contributed by atoms with E-state index in [0.29, 0.717) is 5.56 Å². The Bertz CT molecular complexity index is 555. The van der Waals surface area contributed by atoms with Gasteiger partial charge < -0.3 is 10.4 Å². The van der Waals surface area contributed by atoms with Crippen molar-refractivity contribution >= 4 is 11.9 Å². The molecule has 1 aromatic heterocycles. The zero-order valence-electron chi connectivity index (χ0n) is 9.80. The Kier molecular flexibility index (Phi) is 3.81. The molecule has 2 rings (SSSR count). The molecule has 2 N–H and O–H groups in total. The number of carboxylic acids is 1. The van der Waals surface area contributed by atoms with Crippen LogP contribution in [0.5, 0.6) is 0 Å². The fourth-order valence-corrected chi connectivity index (χ4v) is 1.54. The van der Waals surface area contributed by atoms with Crippen LogP contribution in [-0.4, -0.2) is 37.2 Å². The summed E-state index contributed by atoms with van der Waals surface area (Å²) in [5, 5.41) is 21.9. The molecule has 0 bridgehead atoms. The molecule has 2 aromatic rings. The van der Waals surface area contributed by atoms with Crippen molar-refractivity contribution in [2.75, 3.05) is 0 Å². The summed E-state index contributed by atoms with van der Waals surface area (Å²) in [5.41, 5.74) is 0.500. The van der Waals surface area contributed by atoms with Gasteiger partial charge in [0.2, 0.25) is 5.91 Å². The summed E-state index contributed by atoms with van der Waals surface area (Å²) in [6.07, 6.45) is 1.28. The van der Waals surface area contributed by atoms with Gasteiger partial charge in [-0.1, -0.05) is 30.3 Å². The van der Waals surface area contributed by atoms with Crippen molar-refractivity contribution in [3.63, 3.8) is 0 Å². The number of rotatable bonds is 5. The fraction of sp³-hybridized carbons (Fsp3) is 0.182. The van der Waals surface area contributed by atoms with Crippen molar-refractivity contribution in [3.8, 4) is 0 Å². The Morgan fingerprint density at radius 1 is 1.32 bits per heavy atom. The Labute approximate surface area is 108 Å². The lowest BCUT2D eigenvalue weighted by atomic mass is 10.1. The smallest absolute Gasteiger partial charge is 0.330 e. The Balaban J connectivity index is 2.05. The van der Waals surface area contributed by atoms with Crippen LogP contribution in [-0.2, 0) is 16.1 Å². The average Bonchev–Trinajstić information content (AvgIpc) is 2.89. The number of carboxylic acid groups (broad SMARTS) is 1. The van der Waals surface area contributed by atoms with Gasteiger partial charge in [-0.3, -0.25) is 4.79 Å². The topological polar surface area (TPSA) is 110 Å². The van der Waals surface area contributed by atoms with Crippen molar-refractivity contribution in [2.45, 2.75) is 12.6 Å². The van der Waals surface area contributed by atoms with Gasteiger partial charge in [0, 0.05) is 0 Å². The van der Waals surface area contributed by atoms with Crippen molar-refractivity contribution in [2.24, 2.45) is 0 Å². The van der Waals surface area contributed by atoms with Gasteiger partial charge in [0.1, 0.15) is 12.9 Å². The van der Waals surface area contributed by atoms with E-state index in [1.54, 1.807) is 30.3 Å². The highest BCUT2D eigenvalue weighted by atomic mass is 16.4. The fourth-order valence-electron chi connectivity index (χ4n) is 1.54. The van der Waals surface area contributed by atoms with Gasteiger partial charge in [-0.05, 0) is 16.0 Å². The summed E-state index contributed by atoms with van der Waals surface area (Å²) in [4.78, 5) is 22.9. The minimum absolute atomic E-state index is 0.135. The maximum Gasteiger partial charge on any atom is 0.330 e. The summed E-state index contributed by atoms with van der Waals surface area (Å²) in [5.74, 6) is -1.61. The molecule has 0 saturated carbocycles. The Morgan fingerprint density at radius 3 is 2.63 bits per heavy atom. The molecule has 0 fully saturated rings. The second kappa shape index (κ2) is 5.71. The average molecular weight is 261 g/mol. The first-order chi connectivity index (χ1) is 9.16. The van der Waals surface area contributed by atoms with Gasteiger partial charge in [-0.2, -0.15) is 0 Å². The number of nitrogens with one attached hydrogen (secondary N) is 1. The van der Waals surface area contributed by atoms with E-state index in [9.17, 15) is 9.59 Å². The highest BCUT2D eigenvalue weighted by Crippen LogP contribution is 2.12. The minimum atomic E-state index is -1.13. The number of nitrogens with zero attached hydrogens (tertiary/aromatic N) is 4. The third-order valence-corrected chi connectivity index (χ3v) is 2.38. The third kappa shape index (κ3) is 3.35. The first-order valence-corrected chi connectivity index (χ1v) is 5.44. The first-order valence-electron chi connectivity index (χ1n) is 5.44. The number of carbonyl (C=O) groups is 2. The summed E-state index contributed by atoms with van der Waals surface area (Å²) in [6.45, 7) is -0.135. The lowest BCUT2D eigenvalue weighted by Gasteiger charge is -2.14. The molecule has 0 aliphatic carbocycles. The molecule has 0 aliphatic rings. The molecule has 1 atom stereocenters. The normalized spacial score (nSPS) is 11.8. The first kappa shape index (κ1) is 12.7. The standard InChI is InChI=1S/C11H11N5O3/c17-9(6-16-7-12-14-15-16)13-10(11(18)19)8-4-2-1-3-5-8/h1-5,7,10H,6H2,(H,13,17)(H,18,19)/t10-/m0/s1. The van der Waals surface area contributed by atoms with Crippen LogP contribution in [0.2, 0.25) is 0 Å². The molecule has 1 amide bonds. The van der Waals surface area contributed by atoms with Gasteiger partial charge in [0.05, 0.1) is 0 Å². The lowest BCUT2D eigenvalue weighted by molar-refractivity contribution is -0.142. The van der Waals surface area contributed by atoms with Crippen molar-refractivity contribution in [1.29, 1.82) is 0 Å². The van der Waals surface area contributed by atoms with E-state index in [4.69, 9.17) is 5.11 Å². The van der Waals surface area contributed by atoms with E-state index in [1.165, 1.54) is 11.0 Å². The maximum absolute atomic E-state index is 11.7. The second-order valence-electron chi connectivity index (χ2n) is 3.76. The molecule has 19 heavy (non-hydrogen) atoms. The van der Waals surface area contributed by atoms with Crippen molar-refractivity contribution < 1.29 is 14.7 Å². The SMILES string of the molecule is O=C(Cn1cnnn1)N[C@H](C(=O)O)c1ccccc1. The molecular formula is C11H11N5O3. The molecule has 0 spiro atoms. The number of carbonyl (C=O) groups excluding carboxylic acids is 1. The van der Waals surface area contributed by atoms with Crippen LogP contribution in [0.3, 0.4) is 0 Å². The van der Waals surface area contributed by atoms with E-state index in [1.807, 2.05) is 0 Å². The quantitative estimate of drug-likeness (QED) is 0.758. The van der Waals surface area contributed by atoms with E-state index >= 15 is 0 Å². The molecule has 0 radical (unpaired) electrons. The number of aromatic nitrogens is 4. The summed E-state index contributed by atoms with van der Waals surface area (Å²) < 4.78 is 1.21. The van der Waals surface area contributed by atoms with E-state index in [-0.39, 0.29) is 6.54 Å². The largest absolute Gasteiger partial charge is 0.479 e. The zero-order valence-corrected chi connectivity index (χ0v) is 9.80. The molecular weight excluding hydrogens is 250 g/mol. The molecule has 1 aromatic carbocycles. The molecule has 0 saturated heterocycles. The summed E-state index contributed by atoms with van der Waals surface area (Å²) >= 11 is 0. The van der Waals surface area contributed by atoms with Gasteiger partial charge >= 0.3 is 5.97 Å². The van der Waals surface area contributed by atoms with Gasteiger partial charge in [-0.25, -0.2) is 9.48 Å². The lowest BCUT2D eigenvalue weighted by Crippen LogP contribution is -2.36. The van der Waals surface area contributed by atoms with E-state index in [0.717, 1.165) is 0 Å². The monoisotopic (exact) mass is 261 g/mol. The van der Waals surface area contributed by atoms with Crippen LogP contribution in [0, 0.1) is 0 Å². The van der Waals surface area contributed by atoms with Gasteiger partial charge in [0.25, 0.3) is 0 Å². The predicted molar refractivity (Wildman–Crippen MR) is 62.8 cm³/mol. The third-order valence-electron chi connectivity index (χ3n) is 2.38. The Morgan fingerprint density at radius 2 is 2.05 bits per heavy atom. The van der Waals surface area contributed by atoms with E-state index < -0.39 is 17.9 Å². The minimum Gasteiger partial charge on any atom is -0.479 e. The number of hydrogen-bond acceptors (Lipinski definition) is 5. The highest BCUT2D eigenvalue weighted by molar-refractivity contribution is 5.84. The van der Waals surface area contributed by atoms with E-state index in [2.05, 4.69) is 20.8 Å². The number of amides is 1. The number of hydrogen-bond donors (Lipinski definition) is 2. The molecule has 1 heterocycles. The van der Waals surface area contributed by atoms with Crippen LogP contribution in [0.4, 0.5) is 0 Å². The van der Waals surface area contributed by atoms with Crippen LogP contribution in [0.15, 0.2) is 36.7 Å². The molecule has 98 valence electrons. The van der Waals surface area contributed by atoms with Crippen LogP contribution < -0.4 is 5.32 Å². The molecule has 0 unspecified atom stereocenters. The Hall–Kier alpha value is -2.77. The van der Waals surface area contributed by atoms with Crippen LogP contribution in [0.25, 0.3) is 0 Å². The number of aliphatic carboxylic acids is 1. The van der Waals surface area contributed by atoms with Crippen LogP contribution >= 0.6 is 0 Å². The predicted octanol–water partition coefficient (Wildman–Crippen LogP) is -0.385. The summed E-state index contributed by atoms with van der Waals surface area (Å²) in [7, 11) is 0. The number of tetrazole rings is 1. The maximum atomic E-state index is 11.7. The molecule has 8 heteroatoms. The van der Waals surface area contributed by atoms with Gasteiger partial charge in [-0.15, -0.1) is 5.10 Å². The summed E-state index contributed by atoms with van der Waals surface area (Å²) in [6, 6.07) is 7.36.